The first-order valence-electron chi connectivity index (χ1n) is 19.7. The number of para-hydroxylation sites is 2. The fraction of sp³-hybridized carbons (Fsp3) is 0. The van der Waals surface area contributed by atoms with E-state index >= 15 is 0 Å². The van der Waals surface area contributed by atoms with Crippen LogP contribution in [0.5, 0.6) is 0 Å². The van der Waals surface area contributed by atoms with Gasteiger partial charge in [-0.2, -0.15) is 0 Å². The maximum absolute atomic E-state index is 2.46. The number of thiophene rings is 2. The van der Waals surface area contributed by atoms with E-state index in [9.17, 15) is 0 Å². The lowest BCUT2D eigenvalue weighted by Crippen LogP contribution is -2.14. The number of rotatable bonds is 6. The summed E-state index contributed by atoms with van der Waals surface area (Å²) >= 11 is 3.72. The molecule has 0 bridgehead atoms. The normalized spacial score (nSPS) is 11.8. The zero-order chi connectivity index (χ0) is 38.2. The highest BCUT2D eigenvalue weighted by Crippen LogP contribution is 2.48. The van der Waals surface area contributed by atoms with Gasteiger partial charge in [0.15, 0.2) is 0 Å². The second-order valence-corrected chi connectivity index (χ2v) is 17.1. The molecule has 0 saturated carbocycles. The first-order valence-corrected chi connectivity index (χ1v) is 21.3. The van der Waals surface area contributed by atoms with Gasteiger partial charge in [0.2, 0.25) is 0 Å². The Morgan fingerprint density at radius 2 is 0.707 bits per heavy atom. The minimum absolute atomic E-state index is 1.10. The average molecular weight is 775 g/mol. The minimum atomic E-state index is 1.10. The summed E-state index contributed by atoms with van der Waals surface area (Å²) in [6.07, 6.45) is 0. The quantitative estimate of drug-likeness (QED) is 0.155. The molecule has 2 aromatic heterocycles. The van der Waals surface area contributed by atoms with Crippen molar-refractivity contribution >= 4 is 129 Å². The molecule has 0 radical (unpaired) electrons. The summed E-state index contributed by atoms with van der Waals surface area (Å²) in [5.41, 5.74) is 6.69. The molecule has 2 nitrogen and oxygen atoms in total. The molecule has 58 heavy (non-hydrogen) atoms. The number of fused-ring (bicyclic) bond motifs is 11. The smallest absolute Gasteiger partial charge is 0.0561 e. The third-order valence-electron chi connectivity index (χ3n) is 11.6. The number of anilines is 6. The van der Waals surface area contributed by atoms with Crippen molar-refractivity contribution in [2.24, 2.45) is 0 Å². The molecule has 0 aliphatic rings. The number of hydrogen-bond acceptors (Lipinski definition) is 4. The van der Waals surface area contributed by atoms with Gasteiger partial charge in [-0.05, 0) is 99.7 Å². The first kappa shape index (κ1) is 33.2. The maximum Gasteiger partial charge on any atom is 0.0561 e. The monoisotopic (exact) mass is 774 g/mol. The van der Waals surface area contributed by atoms with Crippen LogP contribution < -0.4 is 9.80 Å². The zero-order valence-electron chi connectivity index (χ0n) is 31.3. The van der Waals surface area contributed by atoms with Gasteiger partial charge in [0.25, 0.3) is 0 Å². The van der Waals surface area contributed by atoms with Crippen LogP contribution in [-0.2, 0) is 0 Å². The van der Waals surface area contributed by atoms with E-state index in [0.29, 0.717) is 0 Å². The average Bonchev–Trinajstić information content (AvgIpc) is 3.85. The first-order chi connectivity index (χ1) is 28.7. The van der Waals surface area contributed by atoms with Gasteiger partial charge in [0.1, 0.15) is 0 Å². The molecule has 0 amide bonds. The standard InChI is InChI=1S/C54H34N2S2/c1-3-14-36(15-4-1)55(38-24-27-47-45-19-9-11-21-51(45)57-53(47)33-38)40-31-49-43-26-23-35-13-7-8-18-41(35)42(43)29-30-44(49)50(32-40)56(37-16-5-2-6-17-37)39-25-28-48-46-20-10-12-22-52(46)58-54(48)34-39/h1-34H. The van der Waals surface area contributed by atoms with Crippen LogP contribution in [0.25, 0.3) is 72.7 Å². The second-order valence-electron chi connectivity index (χ2n) is 14.9. The van der Waals surface area contributed by atoms with Gasteiger partial charge in [-0.15, -0.1) is 22.7 Å². The highest BCUT2D eigenvalue weighted by Gasteiger charge is 2.23. The highest BCUT2D eigenvalue weighted by molar-refractivity contribution is 7.26. The molecular weight excluding hydrogens is 741 g/mol. The predicted molar refractivity (Wildman–Crippen MR) is 254 cm³/mol. The van der Waals surface area contributed by atoms with Gasteiger partial charge in [0, 0.05) is 74.2 Å². The fourth-order valence-electron chi connectivity index (χ4n) is 8.95. The molecule has 2 heterocycles. The lowest BCUT2D eigenvalue weighted by atomic mass is 9.95. The Morgan fingerprint density at radius 3 is 1.36 bits per heavy atom. The van der Waals surface area contributed by atoms with Gasteiger partial charge in [-0.1, -0.05) is 133 Å². The SMILES string of the molecule is c1ccc(N(c2ccc3c(c2)sc2ccccc23)c2cc(N(c3ccccc3)c3ccc4c(c3)sc3ccccc34)c3ccc4c5ccccc5ccc4c3c2)cc1. The van der Waals surface area contributed by atoms with Crippen molar-refractivity contribution in [3.63, 3.8) is 0 Å². The summed E-state index contributed by atoms with van der Waals surface area (Å²) in [6, 6.07) is 75.9. The molecule has 0 aliphatic heterocycles. The molecule has 0 atom stereocenters. The van der Waals surface area contributed by atoms with Gasteiger partial charge >= 0.3 is 0 Å². The van der Waals surface area contributed by atoms with Crippen molar-refractivity contribution in [3.8, 4) is 0 Å². The van der Waals surface area contributed by atoms with Crippen molar-refractivity contribution in [3.05, 3.63) is 206 Å². The predicted octanol–water partition coefficient (Wildman–Crippen LogP) is 16.8. The van der Waals surface area contributed by atoms with Gasteiger partial charge in [-0.25, -0.2) is 0 Å². The van der Waals surface area contributed by atoms with Crippen LogP contribution in [0.2, 0.25) is 0 Å². The third kappa shape index (κ3) is 5.30. The molecule has 12 aromatic rings. The van der Waals surface area contributed by atoms with Crippen molar-refractivity contribution in [1.29, 1.82) is 0 Å². The van der Waals surface area contributed by atoms with Crippen LogP contribution in [0.1, 0.15) is 0 Å². The van der Waals surface area contributed by atoms with Gasteiger partial charge < -0.3 is 9.80 Å². The van der Waals surface area contributed by atoms with Crippen molar-refractivity contribution < 1.29 is 0 Å². The second kappa shape index (κ2) is 13.3. The Kier molecular flexibility index (Phi) is 7.62. The van der Waals surface area contributed by atoms with Crippen LogP contribution in [0.4, 0.5) is 34.1 Å². The molecule has 12 rings (SSSR count). The largest absolute Gasteiger partial charge is 0.310 e. The Morgan fingerprint density at radius 1 is 0.241 bits per heavy atom. The summed E-state index contributed by atoms with van der Waals surface area (Å²) < 4.78 is 5.17. The summed E-state index contributed by atoms with van der Waals surface area (Å²) in [6.45, 7) is 0. The molecule has 0 saturated heterocycles. The van der Waals surface area contributed by atoms with Gasteiger partial charge in [-0.3, -0.25) is 0 Å². The Bertz CT molecular complexity index is 3530. The van der Waals surface area contributed by atoms with Crippen LogP contribution in [0, 0.1) is 0 Å². The van der Waals surface area contributed by atoms with E-state index in [1.165, 1.54) is 72.7 Å². The van der Waals surface area contributed by atoms with Crippen molar-refractivity contribution in [2.45, 2.75) is 0 Å². The molecule has 0 unspecified atom stereocenters. The van der Waals surface area contributed by atoms with Crippen LogP contribution in [0.15, 0.2) is 206 Å². The lowest BCUT2D eigenvalue weighted by molar-refractivity contribution is 1.27. The van der Waals surface area contributed by atoms with E-state index in [4.69, 9.17) is 0 Å². The number of benzene rings is 10. The van der Waals surface area contributed by atoms with Gasteiger partial charge in [0.05, 0.1) is 5.69 Å². The summed E-state index contributed by atoms with van der Waals surface area (Å²) in [5.74, 6) is 0. The summed E-state index contributed by atoms with van der Waals surface area (Å²) in [7, 11) is 0. The van der Waals surface area contributed by atoms with Crippen molar-refractivity contribution in [2.75, 3.05) is 9.80 Å². The molecule has 0 aliphatic carbocycles. The molecule has 272 valence electrons. The van der Waals surface area contributed by atoms with E-state index in [1.807, 2.05) is 22.7 Å². The zero-order valence-corrected chi connectivity index (χ0v) is 33.0. The van der Waals surface area contributed by atoms with Crippen LogP contribution >= 0.6 is 22.7 Å². The third-order valence-corrected chi connectivity index (χ3v) is 13.9. The molecule has 0 spiro atoms. The summed E-state index contributed by atoms with van der Waals surface area (Å²) in [5, 5.41) is 12.6. The number of nitrogens with zero attached hydrogens (tertiary/aromatic N) is 2. The van der Waals surface area contributed by atoms with Crippen molar-refractivity contribution in [1.82, 2.24) is 0 Å². The molecule has 0 N–H and O–H groups in total. The molecule has 10 aromatic carbocycles. The van der Waals surface area contributed by atoms with Crippen LogP contribution in [0.3, 0.4) is 0 Å². The lowest BCUT2D eigenvalue weighted by Gasteiger charge is -2.31. The fourth-order valence-corrected chi connectivity index (χ4v) is 11.2. The minimum Gasteiger partial charge on any atom is -0.310 e. The van der Waals surface area contributed by atoms with E-state index in [1.54, 1.807) is 0 Å². The summed E-state index contributed by atoms with van der Waals surface area (Å²) in [4.78, 5) is 4.89. The highest BCUT2D eigenvalue weighted by atomic mass is 32.1. The molecular formula is C54H34N2S2. The van der Waals surface area contributed by atoms with E-state index < -0.39 is 0 Å². The maximum atomic E-state index is 2.46. The van der Waals surface area contributed by atoms with Crippen LogP contribution in [-0.4, -0.2) is 0 Å². The Balaban J connectivity index is 1.17. The number of hydrogen-bond donors (Lipinski definition) is 0. The molecule has 4 heteroatoms. The topological polar surface area (TPSA) is 6.48 Å². The van der Waals surface area contributed by atoms with E-state index in [2.05, 4.69) is 216 Å². The van der Waals surface area contributed by atoms with E-state index in [-0.39, 0.29) is 0 Å². The Labute approximate surface area is 343 Å². The van der Waals surface area contributed by atoms with E-state index in [0.717, 1.165) is 34.1 Å². The molecule has 0 fully saturated rings. The Hall–Kier alpha value is -6.98.